The van der Waals surface area contributed by atoms with Crippen LogP contribution in [-0.2, 0) is 6.54 Å². The van der Waals surface area contributed by atoms with Crippen molar-refractivity contribution >= 4 is 0 Å². The summed E-state index contributed by atoms with van der Waals surface area (Å²) in [6.07, 6.45) is 6.35. The number of nitrogens with zero attached hydrogens (tertiary/aromatic N) is 1. The van der Waals surface area contributed by atoms with Crippen molar-refractivity contribution in [2.24, 2.45) is 0 Å². The first kappa shape index (κ1) is 11.0. The van der Waals surface area contributed by atoms with Gasteiger partial charge in [-0.1, -0.05) is 0 Å². The van der Waals surface area contributed by atoms with Crippen molar-refractivity contribution in [3.8, 4) is 0 Å². The van der Waals surface area contributed by atoms with Crippen molar-refractivity contribution in [1.82, 2.24) is 9.97 Å². The summed E-state index contributed by atoms with van der Waals surface area (Å²) in [6, 6.07) is 1.67. The normalized spacial score (nSPS) is 21.6. The van der Waals surface area contributed by atoms with Crippen molar-refractivity contribution < 1.29 is 4.90 Å². The lowest BCUT2D eigenvalue weighted by Crippen LogP contribution is -3.11. The zero-order valence-electron chi connectivity index (χ0n) is 10.2. The van der Waals surface area contributed by atoms with Crippen LogP contribution < -0.4 is 10.5 Å². The molecule has 1 aromatic rings. The average Bonchev–Trinajstić information content (AvgIpc) is 3.13. The SMILES string of the molecule is O=c1cc(C[NH+]2CCCCC2)nc(C2CC2)[nH]1. The van der Waals surface area contributed by atoms with E-state index in [1.807, 2.05) is 0 Å². The molecule has 0 spiro atoms. The molecule has 0 atom stereocenters. The molecule has 2 aliphatic rings. The van der Waals surface area contributed by atoms with Gasteiger partial charge < -0.3 is 9.88 Å². The molecule has 3 rings (SSSR count). The van der Waals surface area contributed by atoms with Crippen LogP contribution in [0.4, 0.5) is 0 Å². The van der Waals surface area contributed by atoms with Crippen LogP contribution in [0.5, 0.6) is 0 Å². The third-order valence-electron chi connectivity index (χ3n) is 3.77. The minimum Gasteiger partial charge on any atom is -0.330 e. The number of piperidine rings is 1. The number of quaternary nitrogens is 1. The van der Waals surface area contributed by atoms with Crippen LogP contribution in [0.25, 0.3) is 0 Å². The second kappa shape index (κ2) is 4.61. The van der Waals surface area contributed by atoms with Gasteiger partial charge in [0.05, 0.1) is 13.1 Å². The van der Waals surface area contributed by atoms with Gasteiger partial charge in [-0.3, -0.25) is 4.79 Å². The molecule has 92 valence electrons. The van der Waals surface area contributed by atoms with E-state index in [1.54, 1.807) is 11.0 Å². The first-order valence-corrected chi connectivity index (χ1v) is 6.75. The molecule has 1 aliphatic heterocycles. The van der Waals surface area contributed by atoms with E-state index in [0.717, 1.165) is 18.1 Å². The molecule has 4 nitrogen and oxygen atoms in total. The Labute approximate surface area is 101 Å². The van der Waals surface area contributed by atoms with Crippen LogP contribution in [0.15, 0.2) is 10.9 Å². The van der Waals surface area contributed by atoms with Crippen LogP contribution in [0.2, 0.25) is 0 Å². The number of rotatable bonds is 3. The Hall–Kier alpha value is -1.16. The molecular weight excluding hydrogens is 214 g/mol. The standard InChI is InChI=1S/C13H19N3O/c17-12-8-11(9-16-6-2-1-3-7-16)14-13(15-12)10-4-5-10/h8,10H,1-7,9H2,(H,14,15,17)/p+1. The Morgan fingerprint density at radius 2 is 2.06 bits per heavy atom. The highest BCUT2D eigenvalue weighted by Gasteiger charge is 2.26. The summed E-state index contributed by atoms with van der Waals surface area (Å²) in [5.41, 5.74) is 1.00. The summed E-state index contributed by atoms with van der Waals surface area (Å²) in [5, 5.41) is 0. The summed E-state index contributed by atoms with van der Waals surface area (Å²) in [5.74, 6) is 1.45. The lowest BCUT2D eigenvalue weighted by molar-refractivity contribution is -0.918. The predicted octanol–water partition coefficient (Wildman–Crippen LogP) is 0.216. The highest BCUT2D eigenvalue weighted by molar-refractivity contribution is 5.09. The number of hydrogen-bond acceptors (Lipinski definition) is 2. The number of H-pyrrole nitrogens is 1. The molecule has 17 heavy (non-hydrogen) atoms. The molecule has 0 bridgehead atoms. The number of nitrogens with one attached hydrogen (secondary N) is 2. The summed E-state index contributed by atoms with van der Waals surface area (Å²) in [7, 11) is 0. The molecule has 1 aliphatic carbocycles. The van der Waals surface area contributed by atoms with Gasteiger partial charge in [-0.2, -0.15) is 0 Å². The maximum absolute atomic E-state index is 11.6. The van der Waals surface area contributed by atoms with Gasteiger partial charge in [0.15, 0.2) is 0 Å². The van der Waals surface area contributed by atoms with E-state index in [-0.39, 0.29) is 5.56 Å². The molecule has 1 saturated heterocycles. The van der Waals surface area contributed by atoms with Crippen molar-refractivity contribution in [2.45, 2.75) is 44.6 Å². The third-order valence-corrected chi connectivity index (χ3v) is 3.77. The fraction of sp³-hybridized carbons (Fsp3) is 0.692. The van der Waals surface area contributed by atoms with E-state index in [0.29, 0.717) is 5.92 Å². The van der Waals surface area contributed by atoms with Crippen molar-refractivity contribution in [3.05, 3.63) is 27.9 Å². The average molecular weight is 234 g/mol. The molecule has 0 radical (unpaired) electrons. The molecule has 0 aromatic carbocycles. The zero-order valence-corrected chi connectivity index (χ0v) is 10.2. The summed E-state index contributed by atoms with van der Waals surface area (Å²) in [4.78, 5) is 20.6. The molecule has 1 aromatic heterocycles. The van der Waals surface area contributed by atoms with Crippen LogP contribution in [0.3, 0.4) is 0 Å². The van der Waals surface area contributed by atoms with Gasteiger partial charge in [-0.25, -0.2) is 4.98 Å². The van der Waals surface area contributed by atoms with E-state index in [2.05, 4.69) is 9.97 Å². The Kier molecular flexibility index (Phi) is 2.97. The molecule has 2 fully saturated rings. The minimum absolute atomic E-state index is 0.0216. The van der Waals surface area contributed by atoms with Crippen molar-refractivity contribution in [1.29, 1.82) is 0 Å². The number of aromatic nitrogens is 2. The third kappa shape index (κ3) is 2.75. The summed E-state index contributed by atoms with van der Waals surface area (Å²) < 4.78 is 0. The Morgan fingerprint density at radius 3 is 2.76 bits per heavy atom. The summed E-state index contributed by atoms with van der Waals surface area (Å²) in [6.45, 7) is 3.38. The molecule has 1 saturated carbocycles. The summed E-state index contributed by atoms with van der Waals surface area (Å²) >= 11 is 0. The van der Waals surface area contributed by atoms with Gasteiger partial charge in [0, 0.05) is 12.0 Å². The van der Waals surface area contributed by atoms with Gasteiger partial charge >= 0.3 is 0 Å². The molecular formula is C13H20N3O+. The number of likely N-dealkylation sites (tertiary alicyclic amines) is 1. The predicted molar refractivity (Wildman–Crippen MR) is 65.1 cm³/mol. The number of aromatic amines is 1. The smallest absolute Gasteiger partial charge is 0.251 e. The van der Waals surface area contributed by atoms with Crippen molar-refractivity contribution in [2.75, 3.05) is 13.1 Å². The fourth-order valence-electron chi connectivity index (χ4n) is 2.65. The van der Waals surface area contributed by atoms with Crippen molar-refractivity contribution in [3.63, 3.8) is 0 Å². The Bertz CT molecular complexity index is 444. The van der Waals surface area contributed by atoms with E-state index in [1.165, 1.54) is 45.2 Å². The fourth-order valence-corrected chi connectivity index (χ4v) is 2.65. The molecule has 4 heteroatoms. The van der Waals surface area contributed by atoms with Crippen LogP contribution in [0.1, 0.15) is 49.5 Å². The van der Waals surface area contributed by atoms with Gasteiger partial charge in [0.2, 0.25) is 0 Å². The maximum Gasteiger partial charge on any atom is 0.251 e. The second-order valence-corrected chi connectivity index (χ2v) is 5.38. The lowest BCUT2D eigenvalue weighted by Gasteiger charge is -2.23. The van der Waals surface area contributed by atoms with Crippen LogP contribution >= 0.6 is 0 Å². The van der Waals surface area contributed by atoms with E-state index in [9.17, 15) is 4.79 Å². The largest absolute Gasteiger partial charge is 0.330 e. The minimum atomic E-state index is 0.0216. The van der Waals surface area contributed by atoms with Crippen LogP contribution in [-0.4, -0.2) is 23.1 Å². The monoisotopic (exact) mass is 234 g/mol. The highest BCUT2D eigenvalue weighted by Crippen LogP contribution is 2.37. The first-order valence-electron chi connectivity index (χ1n) is 6.75. The van der Waals surface area contributed by atoms with Gasteiger partial charge in [0.25, 0.3) is 5.56 Å². The molecule has 2 heterocycles. The lowest BCUT2D eigenvalue weighted by atomic mass is 10.1. The Balaban J connectivity index is 1.74. The van der Waals surface area contributed by atoms with Gasteiger partial charge in [-0.15, -0.1) is 0 Å². The van der Waals surface area contributed by atoms with Gasteiger partial charge in [-0.05, 0) is 32.1 Å². The van der Waals surface area contributed by atoms with E-state index in [4.69, 9.17) is 0 Å². The second-order valence-electron chi connectivity index (χ2n) is 5.38. The van der Waals surface area contributed by atoms with E-state index < -0.39 is 0 Å². The quantitative estimate of drug-likeness (QED) is 0.786. The molecule has 0 amide bonds. The van der Waals surface area contributed by atoms with Crippen LogP contribution in [0, 0.1) is 0 Å². The van der Waals surface area contributed by atoms with E-state index >= 15 is 0 Å². The molecule has 2 N–H and O–H groups in total. The number of hydrogen-bond donors (Lipinski definition) is 2. The Morgan fingerprint density at radius 1 is 1.29 bits per heavy atom. The highest BCUT2D eigenvalue weighted by atomic mass is 16.1. The topological polar surface area (TPSA) is 50.2 Å². The van der Waals surface area contributed by atoms with Gasteiger partial charge in [0.1, 0.15) is 18.1 Å². The maximum atomic E-state index is 11.6. The molecule has 0 unspecified atom stereocenters. The zero-order chi connectivity index (χ0) is 11.7. The first-order chi connectivity index (χ1) is 8.31.